The first-order valence-corrected chi connectivity index (χ1v) is 7.99. The van der Waals surface area contributed by atoms with Crippen LogP contribution in [0.5, 0.6) is 17.2 Å². The van der Waals surface area contributed by atoms with Crippen molar-refractivity contribution in [2.24, 2.45) is 0 Å². The highest BCUT2D eigenvalue weighted by Gasteiger charge is 2.26. The number of piperazine rings is 1. The summed E-state index contributed by atoms with van der Waals surface area (Å²) in [4.78, 5) is 6.57. The third kappa shape index (κ3) is 4.57. The Morgan fingerprint density at radius 3 is 2.48 bits per heavy atom. The zero-order chi connectivity index (χ0) is 18.7. The highest BCUT2D eigenvalue weighted by atomic mass is 35.5. The van der Waals surface area contributed by atoms with Gasteiger partial charge in [-0.2, -0.15) is 13.8 Å². The molecule has 0 amide bonds. The summed E-state index contributed by atoms with van der Waals surface area (Å²) in [6, 6.07) is 2.97. The van der Waals surface area contributed by atoms with Crippen LogP contribution in [0.15, 0.2) is 16.7 Å². The number of aromatic nitrogens is 2. The molecular formula is C16H21ClF2N4O4. The van der Waals surface area contributed by atoms with E-state index in [1.54, 1.807) is 0 Å². The van der Waals surface area contributed by atoms with Crippen LogP contribution >= 0.6 is 12.4 Å². The Bertz CT molecular complexity index is 737. The smallest absolute Gasteiger partial charge is 0.387 e. The number of methoxy groups -OCH3 is 2. The molecule has 1 saturated heterocycles. The first-order chi connectivity index (χ1) is 12.5. The molecule has 1 aromatic heterocycles. The lowest BCUT2D eigenvalue weighted by Gasteiger charge is -2.30. The summed E-state index contributed by atoms with van der Waals surface area (Å²) in [5.41, 5.74) is 0.477. The van der Waals surface area contributed by atoms with Gasteiger partial charge in [0.25, 0.3) is 5.89 Å². The van der Waals surface area contributed by atoms with Crippen molar-refractivity contribution in [3.8, 4) is 28.7 Å². The maximum atomic E-state index is 12.6. The van der Waals surface area contributed by atoms with Gasteiger partial charge in [0.2, 0.25) is 5.75 Å². The van der Waals surface area contributed by atoms with E-state index in [2.05, 4.69) is 25.1 Å². The van der Waals surface area contributed by atoms with Gasteiger partial charge in [0.15, 0.2) is 17.3 Å². The first-order valence-electron chi connectivity index (χ1n) is 7.99. The van der Waals surface area contributed by atoms with Crippen molar-refractivity contribution >= 4 is 12.4 Å². The van der Waals surface area contributed by atoms with Gasteiger partial charge in [0.05, 0.1) is 20.3 Å². The van der Waals surface area contributed by atoms with E-state index in [1.807, 2.05) is 7.05 Å². The van der Waals surface area contributed by atoms with Crippen LogP contribution in [0.4, 0.5) is 8.78 Å². The topological polar surface area (TPSA) is 81.9 Å². The number of likely N-dealkylation sites (N-methyl/N-ethyl adjacent to an activating group) is 1. The van der Waals surface area contributed by atoms with Crippen molar-refractivity contribution in [3.63, 3.8) is 0 Å². The number of benzene rings is 1. The summed E-state index contributed by atoms with van der Waals surface area (Å²) in [6.07, 6.45) is 0. The predicted molar refractivity (Wildman–Crippen MR) is 95.0 cm³/mol. The molecule has 8 nitrogen and oxygen atoms in total. The van der Waals surface area contributed by atoms with E-state index < -0.39 is 6.61 Å². The monoisotopic (exact) mass is 406 g/mol. The molecule has 11 heteroatoms. The third-order valence-corrected chi connectivity index (χ3v) is 4.17. The van der Waals surface area contributed by atoms with E-state index >= 15 is 0 Å². The third-order valence-electron chi connectivity index (χ3n) is 4.17. The highest BCUT2D eigenvalue weighted by Crippen LogP contribution is 2.42. The molecule has 3 rings (SSSR count). The number of alkyl halides is 2. The molecule has 0 bridgehead atoms. The molecule has 1 atom stereocenters. The summed E-state index contributed by atoms with van der Waals surface area (Å²) >= 11 is 0. The maximum absolute atomic E-state index is 12.6. The van der Waals surface area contributed by atoms with Gasteiger partial charge in [-0.25, -0.2) is 0 Å². The normalized spacial score (nSPS) is 17.5. The lowest BCUT2D eigenvalue weighted by Crippen LogP contribution is -2.44. The molecule has 0 aliphatic carbocycles. The van der Waals surface area contributed by atoms with Crippen LogP contribution in [-0.2, 0) is 0 Å². The second-order valence-corrected chi connectivity index (χ2v) is 5.75. The zero-order valence-electron chi connectivity index (χ0n) is 15.1. The van der Waals surface area contributed by atoms with Gasteiger partial charge in [-0.05, 0) is 19.2 Å². The number of halogens is 3. The molecule has 150 valence electrons. The number of ether oxygens (including phenoxy) is 3. The fraction of sp³-hybridized carbons (Fsp3) is 0.500. The van der Waals surface area contributed by atoms with Crippen molar-refractivity contribution < 1.29 is 27.5 Å². The molecule has 2 aromatic rings. The minimum absolute atomic E-state index is 0. The number of rotatable bonds is 6. The number of nitrogens with one attached hydrogen (secondary N) is 1. The molecule has 1 fully saturated rings. The van der Waals surface area contributed by atoms with Gasteiger partial charge in [-0.15, -0.1) is 12.4 Å². The first kappa shape index (κ1) is 21.1. The van der Waals surface area contributed by atoms with Crippen LogP contribution in [0, 0.1) is 0 Å². The second kappa shape index (κ2) is 9.16. The van der Waals surface area contributed by atoms with Gasteiger partial charge in [-0.3, -0.25) is 4.90 Å². The van der Waals surface area contributed by atoms with Gasteiger partial charge in [0, 0.05) is 25.2 Å². The molecule has 1 N–H and O–H groups in total. The summed E-state index contributed by atoms with van der Waals surface area (Å²) in [5, 5.41) is 7.33. The average Bonchev–Trinajstić information content (AvgIpc) is 3.11. The molecular weight excluding hydrogens is 386 g/mol. The van der Waals surface area contributed by atoms with Gasteiger partial charge in [0.1, 0.15) is 0 Å². The van der Waals surface area contributed by atoms with E-state index in [4.69, 9.17) is 14.0 Å². The molecule has 27 heavy (non-hydrogen) atoms. The van der Waals surface area contributed by atoms with Crippen molar-refractivity contribution in [1.82, 2.24) is 20.4 Å². The van der Waals surface area contributed by atoms with Crippen LogP contribution in [0.25, 0.3) is 11.5 Å². The van der Waals surface area contributed by atoms with Crippen molar-refractivity contribution in [3.05, 3.63) is 18.0 Å². The van der Waals surface area contributed by atoms with Crippen molar-refractivity contribution in [2.75, 3.05) is 40.9 Å². The summed E-state index contributed by atoms with van der Waals surface area (Å²) in [6.45, 7) is -0.524. The number of nitrogens with zero attached hydrogens (tertiary/aromatic N) is 3. The number of hydrogen-bond acceptors (Lipinski definition) is 8. The van der Waals surface area contributed by atoms with Crippen molar-refractivity contribution in [2.45, 2.75) is 12.7 Å². The van der Waals surface area contributed by atoms with Crippen LogP contribution in [0.2, 0.25) is 0 Å². The van der Waals surface area contributed by atoms with Crippen LogP contribution in [0.1, 0.15) is 11.9 Å². The maximum Gasteiger partial charge on any atom is 0.387 e. The van der Waals surface area contributed by atoms with Crippen molar-refractivity contribution in [1.29, 1.82) is 0 Å². The zero-order valence-corrected chi connectivity index (χ0v) is 15.9. The quantitative estimate of drug-likeness (QED) is 0.783. The van der Waals surface area contributed by atoms with Crippen LogP contribution in [-0.4, -0.2) is 62.6 Å². The fourth-order valence-electron chi connectivity index (χ4n) is 2.79. The lowest BCUT2D eigenvalue weighted by atomic mass is 10.1. The largest absolute Gasteiger partial charge is 0.493 e. The molecule has 1 aliphatic rings. The molecule has 1 aliphatic heterocycles. The Kier molecular flexibility index (Phi) is 7.17. The minimum atomic E-state index is -3.01. The number of hydrogen-bond donors (Lipinski definition) is 1. The second-order valence-electron chi connectivity index (χ2n) is 5.75. The molecule has 0 radical (unpaired) electrons. The fourth-order valence-corrected chi connectivity index (χ4v) is 2.79. The Morgan fingerprint density at radius 2 is 1.93 bits per heavy atom. The van der Waals surface area contributed by atoms with E-state index in [0.717, 1.165) is 13.1 Å². The molecule has 1 aromatic carbocycles. The molecule has 2 heterocycles. The van der Waals surface area contributed by atoms with Gasteiger partial charge in [-0.1, -0.05) is 5.16 Å². The van der Waals surface area contributed by atoms with E-state index in [9.17, 15) is 8.78 Å². The van der Waals surface area contributed by atoms with E-state index in [-0.39, 0.29) is 41.6 Å². The summed E-state index contributed by atoms with van der Waals surface area (Å²) in [5.74, 6) is 0.746. The minimum Gasteiger partial charge on any atom is -0.493 e. The Hall–Kier alpha value is -2.17. The summed E-state index contributed by atoms with van der Waals surface area (Å²) in [7, 11) is 4.68. The Balaban J connectivity index is 0.00000261. The van der Waals surface area contributed by atoms with Crippen LogP contribution in [0.3, 0.4) is 0 Å². The SMILES string of the molecule is COc1cc(-c2nc(C3CNCCN3C)no2)cc(OC)c1OC(F)F.Cl. The average molecular weight is 407 g/mol. The van der Waals surface area contributed by atoms with E-state index in [0.29, 0.717) is 17.9 Å². The van der Waals surface area contributed by atoms with Crippen LogP contribution < -0.4 is 19.5 Å². The predicted octanol–water partition coefficient (Wildman–Crippen LogP) is 2.35. The Labute approximate surface area is 161 Å². The molecule has 0 spiro atoms. The van der Waals surface area contributed by atoms with Gasteiger partial charge >= 0.3 is 6.61 Å². The van der Waals surface area contributed by atoms with Gasteiger partial charge < -0.3 is 24.1 Å². The standard InChI is InChI=1S/C16H20F2N4O4.ClH/c1-22-5-4-19-8-10(22)14-20-15(26-21-14)9-6-11(23-2)13(25-16(17)18)12(7-9)24-3;/h6-7,10,16,19H,4-5,8H2,1-3H3;1H. The van der Waals surface area contributed by atoms with E-state index in [1.165, 1.54) is 26.4 Å². The molecule has 1 unspecified atom stereocenters. The lowest BCUT2D eigenvalue weighted by molar-refractivity contribution is -0.0526. The highest BCUT2D eigenvalue weighted by molar-refractivity contribution is 5.85. The molecule has 0 saturated carbocycles. The Morgan fingerprint density at radius 1 is 1.26 bits per heavy atom. The summed E-state index contributed by atoms with van der Waals surface area (Å²) < 4.78 is 45.4.